The molecule has 0 aliphatic heterocycles. The zero-order chi connectivity index (χ0) is 58.9. The molecule has 0 saturated carbocycles. The molecule has 82 heavy (non-hydrogen) atoms. The zero-order valence-electron chi connectivity index (χ0n) is 49.2. The van der Waals surface area contributed by atoms with Gasteiger partial charge in [-0.15, -0.1) is 19.3 Å². The number of benzene rings is 6. The molecule has 0 atom stereocenters. The molecule has 10 rings (SSSR count). The van der Waals surface area contributed by atoms with E-state index in [1.54, 1.807) is 11.5 Å². The Kier molecular flexibility index (Phi) is 21.0. The number of rotatable bonds is 12. The SMILES string of the molecule is CN(C)c1ccc(N=Nc2cc[n+](C)c3ccccc23)cc1.CN(C)c1ccc(N=Nc2ccc3ccccc3[n+]2C)cc1.Cc1cc(N=Nc2ccc(N(C)C)cc2)s[n+]1C.[C-]#[N+]c1cc(N(C)C)ccc1N=Nc1scc(C)[n+]1C. The molecule has 10 aromatic rings. The lowest BCUT2D eigenvalue weighted by Gasteiger charge is -2.12. The van der Waals surface area contributed by atoms with Crippen molar-refractivity contribution >= 4 is 117 Å². The number of anilines is 4. The van der Waals surface area contributed by atoms with Gasteiger partial charge in [-0.1, -0.05) is 30.3 Å². The fraction of sp³-hybridized carbons (Fsp3) is 0.222. The monoisotopic (exact) mass is 1130 g/mol. The standard InChI is InChI=1S/2C18H19N4.C14H16N5S.C13H17N4S/c1-21(2)16-11-9-15(10-12-16)19-20-18-13-8-14-6-4-5-7-17(14)22(18)3;1-21(2)15-10-8-14(9-11-15)19-20-17-12-13-22(3)18-7-5-4-6-16(17)18;1-10-9-20-14(19(10)5)17-16-12-7-6-11(18(3)4)8-13(12)15-2;1-10-9-13(18-17(10)4)15-14-11-5-7-12(8-6-11)16(2)3/h2*4-13H,1-3H3;6-9H,1,3-5H3;5-9H,1-4H3/q4*+1. The van der Waals surface area contributed by atoms with Crippen LogP contribution in [-0.2, 0) is 28.2 Å². The Balaban J connectivity index is 0.000000158. The van der Waals surface area contributed by atoms with Crippen LogP contribution >= 0.6 is 22.9 Å². The van der Waals surface area contributed by atoms with Crippen LogP contribution in [0.25, 0.3) is 26.7 Å². The number of fused-ring (bicyclic) bond motifs is 2. The molecule has 0 bridgehead atoms. The fourth-order valence-corrected chi connectivity index (χ4v) is 9.41. The number of hydrogen-bond acceptors (Lipinski definition) is 14. The van der Waals surface area contributed by atoms with Crippen molar-refractivity contribution in [3.63, 3.8) is 0 Å². The van der Waals surface area contributed by atoms with E-state index in [1.165, 1.54) is 22.4 Å². The van der Waals surface area contributed by atoms with Crippen LogP contribution in [0.15, 0.2) is 216 Å². The minimum absolute atomic E-state index is 0.510. The van der Waals surface area contributed by atoms with E-state index in [1.807, 2.05) is 251 Å². The van der Waals surface area contributed by atoms with Gasteiger partial charge in [0.1, 0.15) is 35.3 Å². The van der Waals surface area contributed by atoms with Crippen molar-refractivity contribution < 1.29 is 17.7 Å². The van der Waals surface area contributed by atoms with Crippen LogP contribution in [0.1, 0.15) is 11.4 Å². The molecular weight excluding hydrogens is 1060 g/mol. The summed E-state index contributed by atoms with van der Waals surface area (Å²) in [6, 6.07) is 54.2. The van der Waals surface area contributed by atoms with Crippen LogP contribution in [-0.4, -0.2) is 56.4 Å². The maximum atomic E-state index is 7.25. The van der Waals surface area contributed by atoms with Crippen molar-refractivity contribution in [3.8, 4) is 0 Å². The molecule has 17 nitrogen and oxygen atoms in total. The van der Waals surface area contributed by atoms with Gasteiger partial charge >= 0.3 is 10.9 Å². The van der Waals surface area contributed by atoms with Gasteiger partial charge in [0.2, 0.25) is 16.2 Å². The summed E-state index contributed by atoms with van der Waals surface area (Å²) in [6.07, 6.45) is 2.01. The number of nitrogens with zero attached hydrogens (tertiary/aromatic N) is 17. The third-order valence-electron chi connectivity index (χ3n) is 13.0. The molecule has 0 saturated heterocycles. The predicted octanol–water partition coefficient (Wildman–Crippen LogP) is 15.6. The van der Waals surface area contributed by atoms with E-state index in [0.29, 0.717) is 11.4 Å². The van der Waals surface area contributed by atoms with Crippen molar-refractivity contribution in [3.05, 3.63) is 198 Å². The Hall–Kier alpha value is -9.51. The second kappa shape index (κ2) is 28.6. The lowest BCUT2D eigenvalue weighted by molar-refractivity contribution is -0.660. The Morgan fingerprint density at radius 2 is 0.963 bits per heavy atom. The second-order valence-corrected chi connectivity index (χ2v) is 21.8. The van der Waals surface area contributed by atoms with Gasteiger partial charge in [0, 0.05) is 121 Å². The van der Waals surface area contributed by atoms with Gasteiger partial charge in [-0.2, -0.15) is 5.11 Å². The highest BCUT2D eigenvalue weighted by Gasteiger charge is 2.15. The van der Waals surface area contributed by atoms with E-state index in [9.17, 15) is 0 Å². The summed E-state index contributed by atoms with van der Waals surface area (Å²) in [5.74, 6) is 0.829. The number of para-hydroxylation sites is 2. The summed E-state index contributed by atoms with van der Waals surface area (Å²) in [5.41, 5.74) is 13.6. The highest BCUT2D eigenvalue weighted by atomic mass is 32.1. The van der Waals surface area contributed by atoms with E-state index in [-0.39, 0.29) is 0 Å². The molecule has 0 amide bonds. The normalized spacial score (nSPS) is 11.1. The fourth-order valence-electron chi connectivity index (χ4n) is 7.80. The Morgan fingerprint density at radius 1 is 0.451 bits per heavy atom. The van der Waals surface area contributed by atoms with Gasteiger partial charge in [-0.05, 0) is 138 Å². The van der Waals surface area contributed by atoms with E-state index in [2.05, 4.69) is 106 Å². The van der Waals surface area contributed by atoms with E-state index in [0.717, 1.165) is 83.6 Å². The van der Waals surface area contributed by atoms with E-state index < -0.39 is 0 Å². The quantitative estimate of drug-likeness (QED) is 0.0684. The largest absolute Gasteiger partial charge is 0.408 e. The maximum Gasteiger partial charge on any atom is 0.408 e. The molecule has 19 heteroatoms. The van der Waals surface area contributed by atoms with Crippen LogP contribution < -0.4 is 37.3 Å². The molecule has 0 fully saturated rings. The maximum absolute atomic E-state index is 7.25. The topological polar surface area (TPSA) is 132 Å². The number of hydrogen-bond donors (Lipinski definition) is 0. The van der Waals surface area contributed by atoms with Crippen LogP contribution in [0.3, 0.4) is 0 Å². The minimum Gasteiger partial charge on any atom is -0.379 e. The first-order valence-electron chi connectivity index (χ1n) is 26.2. The Morgan fingerprint density at radius 3 is 1.49 bits per heavy atom. The summed E-state index contributed by atoms with van der Waals surface area (Å²) in [4.78, 5) is 11.7. The van der Waals surface area contributed by atoms with Crippen LogP contribution in [0.2, 0.25) is 0 Å². The van der Waals surface area contributed by atoms with Crippen LogP contribution in [0.4, 0.5) is 72.8 Å². The highest BCUT2D eigenvalue weighted by molar-refractivity contribution is 7.13. The average molecular weight is 1130 g/mol. The van der Waals surface area contributed by atoms with Gasteiger partial charge in [0.15, 0.2) is 30.5 Å². The summed E-state index contributed by atoms with van der Waals surface area (Å²) in [5, 5.41) is 40.4. The third-order valence-corrected chi connectivity index (χ3v) is 15.0. The summed E-state index contributed by atoms with van der Waals surface area (Å²) in [6.45, 7) is 11.3. The van der Waals surface area contributed by atoms with Gasteiger partial charge < -0.3 is 19.6 Å². The Labute approximate surface area is 489 Å². The Bertz CT molecular complexity index is 3880. The number of thiazole rings is 1. The highest BCUT2D eigenvalue weighted by Crippen LogP contribution is 2.34. The minimum atomic E-state index is 0.510. The van der Waals surface area contributed by atoms with E-state index >= 15 is 0 Å². The second-order valence-electron chi connectivity index (χ2n) is 19.8. The molecular formula is C63H71N17S2+4. The first-order chi connectivity index (χ1) is 39.4. The molecule has 0 aliphatic rings. The number of pyridine rings is 2. The molecule has 0 radical (unpaired) electrons. The molecule has 0 unspecified atom stereocenters. The van der Waals surface area contributed by atoms with Crippen molar-refractivity contribution in [2.24, 2.45) is 69.1 Å². The average Bonchev–Trinajstić information content (AvgIpc) is 4.18. The lowest BCUT2D eigenvalue weighted by atomic mass is 10.2. The number of azo groups is 4. The predicted molar refractivity (Wildman–Crippen MR) is 337 cm³/mol. The molecule has 6 aromatic carbocycles. The van der Waals surface area contributed by atoms with Crippen molar-refractivity contribution in [1.29, 1.82) is 0 Å². The lowest BCUT2D eigenvalue weighted by Crippen LogP contribution is -2.28. The third kappa shape index (κ3) is 16.3. The van der Waals surface area contributed by atoms with Crippen LogP contribution in [0, 0.1) is 20.4 Å². The number of aryl methyl sites for hydroxylation is 5. The molecule has 4 aromatic heterocycles. The first kappa shape index (κ1) is 60.1. The first-order valence-corrected chi connectivity index (χ1v) is 27.9. The van der Waals surface area contributed by atoms with E-state index in [4.69, 9.17) is 6.57 Å². The molecule has 0 spiro atoms. The van der Waals surface area contributed by atoms with Gasteiger partial charge in [-0.3, -0.25) is 0 Å². The molecule has 416 valence electrons. The van der Waals surface area contributed by atoms with Crippen molar-refractivity contribution in [2.75, 3.05) is 76.0 Å². The molecule has 4 heterocycles. The molecule has 0 aliphatic carbocycles. The van der Waals surface area contributed by atoms with Gasteiger partial charge in [0.05, 0.1) is 47.7 Å². The zero-order valence-corrected chi connectivity index (χ0v) is 50.8. The van der Waals surface area contributed by atoms with Crippen LogP contribution in [0.5, 0.6) is 0 Å². The molecule has 0 N–H and O–H groups in total. The van der Waals surface area contributed by atoms with Gasteiger partial charge in [-0.25, -0.2) is 18.5 Å². The van der Waals surface area contributed by atoms with Crippen molar-refractivity contribution in [1.82, 2.24) is 0 Å². The number of aromatic nitrogens is 4. The summed E-state index contributed by atoms with van der Waals surface area (Å²) >= 11 is 3.12. The smallest absolute Gasteiger partial charge is 0.379 e. The summed E-state index contributed by atoms with van der Waals surface area (Å²) < 4.78 is 8.18. The summed E-state index contributed by atoms with van der Waals surface area (Å²) in [7, 11) is 24.0. The van der Waals surface area contributed by atoms with Crippen molar-refractivity contribution in [2.45, 2.75) is 13.8 Å². The van der Waals surface area contributed by atoms with Gasteiger partial charge in [0.25, 0.3) is 0 Å².